The first-order chi connectivity index (χ1) is 8.75. The van der Waals surface area contributed by atoms with Crippen LogP contribution < -0.4 is 4.74 Å². The summed E-state index contributed by atoms with van der Waals surface area (Å²) in [5.41, 5.74) is 1.01. The first kappa shape index (κ1) is 11.5. The van der Waals surface area contributed by atoms with Gasteiger partial charge in [0.05, 0.1) is 10.0 Å². The van der Waals surface area contributed by atoms with Crippen LogP contribution in [0.25, 0.3) is 10.9 Å². The minimum Gasteiger partial charge on any atom is -0.454 e. The standard InChI is InChI=1S/C14H9Cl2NO/c15-10-3-1-4-11(16)14(10)18-13-6-2-5-12-9(13)7-8-17-12/h1-8,17H. The lowest BCUT2D eigenvalue weighted by Crippen LogP contribution is -1.87. The molecule has 3 aromatic rings. The van der Waals surface area contributed by atoms with Crippen molar-refractivity contribution in [2.45, 2.75) is 0 Å². The summed E-state index contributed by atoms with van der Waals surface area (Å²) in [6.45, 7) is 0. The largest absolute Gasteiger partial charge is 0.454 e. The molecule has 90 valence electrons. The van der Waals surface area contributed by atoms with Crippen molar-refractivity contribution in [2.24, 2.45) is 0 Å². The van der Waals surface area contributed by atoms with E-state index in [2.05, 4.69) is 4.98 Å². The third kappa shape index (κ3) is 1.94. The maximum Gasteiger partial charge on any atom is 0.164 e. The molecule has 2 nitrogen and oxygen atoms in total. The molecule has 0 saturated heterocycles. The fraction of sp³-hybridized carbons (Fsp3) is 0. The number of aromatic nitrogens is 1. The van der Waals surface area contributed by atoms with Gasteiger partial charge in [-0.3, -0.25) is 0 Å². The second-order valence-electron chi connectivity index (χ2n) is 3.85. The summed E-state index contributed by atoms with van der Waals surface area (Å²) in [5, 5.41) is 1.98. The first-order valence-electron chi connectivity index (χ1n) is 5.43. The molecule has 4 heteroatoms. The zero-order chi connectivity index (χ0) is 12.5. The van der Waals surface area contributed by atoms with Crippen LogP contribution in [0.5, 0.6) is 11.5 Å². The van der Waals surface area contributed by atoms with Crippen LogP contribution in [0.15, 0.2) is 48.7 Å². The van der Waals surface area contributed by atoms with Crippen LogP contribution in [0.1, 0.15) is 0 Å². The summed E-state index contributed by atoms with van der Waals surface area (Å²) in [7, 11) is 0. The molecule has 3 rings (SSSR count). The van der Waals surface area contributed by atoms with Crippen molar-refractivity contribution < 1.29 is 4.74 Å². The minimum atomic E-state index is 0.481. The lowest BCUT2D eigenvalue weighted by molar-refractivity contribution is 0.489. The maximum atomic E-state index is 6.09. The molecule has 18 heavy (non-hydrogen) atoms. The molecule has 0 bridgehead atoms. The van der Waals surface area contributed by atoms with Gasteiger partial charge in [-0.25, -0.2) is 0 Å². The van der Waals surface area contributed by atoms with Gasteiger partial charge in [-0.05, 0) is 30.3 Å². The summed E-state index contributed by atoms with van der Waals surface area (Å²) >= 11 is 12.2. The fourth-order valence-corrected chi connectivity index (χ4v) is 2.31. The van der Waals surface area contributed by atoms with E-state index in [9.17, 15) is 0 Å². The quantitative estimate of drug-likeness (QED) is 0.678. The lowest BCUT2D eigenvalue weighted by Gasteiger charge is -2.10. The molecule has 1 heterocycles. The number of hydrogen-bond acceptors (Lipinski definition) is 1. The van der Waals surface area contributed by atoms with Gasteiger partial charge in [0.15, 0.2) is 5.75 Å². The molecular formula is C14H9Cl2NO. The Labute approximate surface area is 114 Å². The molecule has 0 atom stereocenters. The summed E-state index contributed by atoms with van der Waals surface area (Å²) < 4.78 is 5.83. The summed E-state index contributed by atoms with van der Waals surface area (Å²) in [5.74, 6) is 1.21. The van der Waals surface area contributed by atoms with Crippen molar-refractivity contribution in [3.05, 3.63) is 58.7 Å². The Morgan fingerprint density at radius 3 is 2.39 bits per heavy atom. The third-order valence-electron chi connectivity index (χ3n) is 2.69. The number of fused-ring (bicyclic) bond motifs is 1. The average Bonchev–Trinajstić information content (AvgIpc) is 2.83. The highest BCUT2D eigenvalue weighted by molar-refractivity contribution is 6.37. The summed E-state index contributed by atoms with van der Waals surface area (Å²) in [4.78, 5) is 3.13. The Bertz CT molecular complexity index is 686. The van der Waals surface area contributed by atoms with Gasteiger partial charge in [0.25, 0.3) is 0 Å². The lowest BCUT2D eigenvalue weighted by atomic mass is 10.2. The zero-order valence-electron chi connectivity index (χ0n) is 9.28. The van der Waals surface area contributed by atoms with E-state index in [0.717, 1.165) is 16.7 Å². The summed E-state index contributed by atoms with van der Waals surface area (Å²) in [6.07, 6.45) is 1.87. The molecule has 0 radical (unpaired) electrons. The monoisotopic (exact) mass is 277 g/mol. The Hall–Kier alpha value is -1.64. The van der Waals surface area contributed by atoms with Crippen LogP contribution in [0, 0.1) is 0 Å². The molecule has 1 N–H and O–H groups in total. The molecule has 0 saturated carbocycles. The van der Waals surface area contributed by atoms with Gasteiger partial charge >= 0.3 is 0 Å². The van der Waals surface area contributed by atoms with E-state index in [1.54, 1.807) is 18.2 Å². The highest BCUT2D eigenvalue weighted by atomic mass is 35.5. The van der Waals surface area contributed by atoms with Crippen LogP contribution in [0.3, 0.4) is 0 Å². The number of rotatable bonds is 2. The number of para-hydroxylation sites is 1. The van der Waals surface area contributed by atoms with Gasteiger partial charge in [0.2, 0.25) is 0 Å². The second kappa shape index (κ2) is 4.56. The molecule has 0 aliphatic heterocycles. The summed E-state index contributed by atoms with van der Waals surface area (Å²) in [6, 6.07) is 13.0. The minimum absolute atomic E-state index is 0.481. The van der Waals surface area contributed by atoms with Crippen molar-refractivity contribution in [3.8, 4) is 11.5 Å². The van der Waals surface area contributed by atoms with Gasteiger partial charge in [-0.15, -0.1) is 0 Å². The average molecular weight is 278 g/mol. The van der Waals surface area contributed by atoms with Crippen molar-refractivity contribution in [2.75, 3.05) is 0 Å². The molecule has 2 aromatic carbocycles. The van der Waals surface area contributed by atoms with Crippen molar-refractivity contribution in [3.63, 3.8) is 0 Å². The van der Waals surface area contributed by atoms with E-state index >= 15 is 0 Å². The number of halogens is 2. The van der Waals surface area contributed by atoms with Gasteiger partial charge < -0.3 is 9.72 Å². The van der Waals surface area contributed by atoms with Crippen LogP contribution in [-0.2, 0) is 0 Å². The molecule has 0 spiro atoms. The van der Waals surface area contributed by atoms with Crippen LogP contribution in [0.2, 0.25) is 10.0 Å². The SMILES string of the molecule is Clc1cccc(Cl)c1Oc1cccc2[nH]ccc12. The highest BCUT2D eigenvalue weighted by Gasteiger charge is 2.10. The number of benzene rings is 2. The number of nitrogens with one attached hydrogen (secondary N) is 1. The van der Waals surface area contributed by atoms with Crippen LogP contribution in [0.4, 0.5) is 0 Å². The van der Waals surface area contributed by atoms with E-state index in [-0.39, 0.29) is 0 Å². The third-order valence-corrected chi connectivity index (χ3v) is 3.28. The van der Waals surface area contributed by atoms with Crippen molar-refractivity contribution >= 4 is 34.1 Å². The van der Waals surface area contributed by atoms with E-state index in [1.165, 1.54) is 0 Å². The topological polar surface area (TPSA) is 25.0 Å². The molecular weight excluding hydrogens is 269 g/mol. The van der Waals surface area contributed by atoms with Gasteiger partial charge in [0.1, 0.15) is 5.75 Å². The van der Waals surface area contributed by atoms with Crippen molar-refractivity contribution in [1.29, 1.82) is 0 Å². The Morgan fingerprint density at radius 2 is 1.61 bits per heavy atom. The maximum absolute atomic E-state index is 6.09. The van der Waals surface area contributed by atoms with Gasteiger partial charge in [0, 0.05) is 17.1 Å². The molecule has 0 amide bonds. The molecule has 0 aliphatic rings. The molecule has 0 fully saturated rings. The van der Waals surface area contributed by atoms with E-state index in [1.807, 2.05) is 30.5 Å². The predicted octanol–water partition coefficient (Wildman–Crippen LogP) is 5.27. The zero-order valence-corrected chi connectivity index (χ0v) is 10.8. The van der Waals surface area contributed by atoms with E-state index < -0.39 is 0 Å². The Kier molecular flexibility index (Phi) is 2.90. The fourth-order valence-electron chi connectivity index (χ4n) is 1.84. The smallest absolute Gasteiger partial charge is 0.164 e. The van der Waals surface area contributed by atoms with Crippen molar-refractivity contribution in [1.82, 2.24) is 4.98 Å². The Balaban J connectivity index is 2.09. The van der Waals surface area contributed by atoms with Gasteiger partial charge in [-0.1, -0.05) is 35.3 Å². The van der Waals surface area contributed by atoms with E-state index in [4.69, 9.17) is 27.9 Å². The normalized spacial score (nSPS) is 10.8. The molecule has 0 aliphatic carbocycles. The number of H-pyrrole nitrogens is 1. The number of hydrogen-bond donors (Lipinski definition) is 1. The molecule has 0 unspecified atom stereocenters. The Morgan fingerprint density at radius 1 is 0.889 bits per heavy atom. The molecule has 1 aromatic heterocycles. The number of aromatic amines is 1. The van der Waals surface area contributed by atoms with Crippen LogP contribution >= 0.6 is 23.2 Å². The number of ether oxygens (including phenoxy) is 1. The highest BCUT2D eigenvalue weighted by Crippen LogP contribution is 2.38. The van der Waals surface area contributed by atoms with E-state index in [0.29, 0.717) is 15.8 Å². The van der Waals surface area contributed by atoms with Gasteiger partial charge in [-0.2, -0.15) is 0 Å². The van der Waals surface area contributed by atoms with Crippen LogP contribution in [-0.4, -0.2) is 4.98 Å². The second-order valence-corrected chi connectivity index (χ2v) is 4.66. The predicted molar refractivity (Wildman–Crippen MR) is 74.8 cm³/mol. The first-order valence-corrected chi connectivity index (χ1v) is 6.19.